The molecule has 96 valence electrons. The molecule has 1 atom stereocenters. The van der Waals surface area contributed by atoms with Crippen LogP contribution in [0.25, 0.3) is 0 Å². The Labute approximate surface area is 104 Å². The van der Waals surface area contributed by atoms with Gasteiger partial charge in [0.25, 0.3) is 0 Å². The van der Waals surface area contributed by atoms with Crippen LogP contribution < -0.4 is 5.32 Å². The number of methoxy groups -OCH3 is 1. The molecule has 1 unspecified atom stereocenters. The average molecular weight is 237 g/mol. The Kier molecular flexibility index (Phi) is 5.62. The van der Waals surface area contributed by atoms with E-state index in [2.05, 4.69) is 19.2 Å². The minimum absolute atomic E-state index is 0.0680. The lowest BCUT2D eigenvalue weighted by molar-refractivity contribution is 0.0983. The van der Waals surface area contributed by atoms with Gasteiger partial charge in [0.2, 0.25) is 0 Å². The molecule has 0 bridgehead atoms. The van der Waals surface area contributed by atoms with Crippen molar-refractivity contribution in [3.63, 3.8) is 0 Å². The van der Waals surface area contributed by atoms with Crippen molar-refractivity contribution in [2.75, 3.05) is 20.3 Å². The van der Waals surface area contributed by atoms with Crippen molar-refractivity contribution in [1.82, 2.24) is 5.32 Å². The van der Waals surface area contributed by atoms with Crippen molar-refractivity contribution in [2.24, 2.45) is 0 Å². The van der Waals surface area contributed by atoms with Crippen LogP contribution in [0.2, 0.25) is 0 Å². The Hall–Kier alpha value is -0.900. The van der Waals surface area contributed by atoms with E-state index in [-0.39, 0.29) is 6.61 Å². The van der Waals surface area contributed by atoms with Crippen molar-refractivity contribution >= 4 is 0 Å². The van der Waals surface area contributed by atoms with E-state index in [4.69, 9.17) is 4.74 Å². The van der Waals surface area contributed by atoms with Gasteiger partial charge in [-0.25, -0.2) is 0 Å². The Morgan fingerprint density at radius 1 is 1.29 bits per heavy atom. The van der Waals surface area contributed by atoms with Gasteiger partial charge in [0.05, 0.1) is 12.1 Å². The maximum absolute atomic E-state index is 9.79. The van der Waals surface area contributed by atoms with Gasteiger partial charge < -0.3 is 15.2 Å². The molecule has 17 heavy (non-hydrogen) atoms. The van der Waals surface area contributed by atoms with Gasteiger partial charge >= 0.3 is 0 Å². The molecule has 0 aromatic heterocycles. The van der Waals surface area contributed by atoms with Gasteiger partial charge in [0.1, 0.15) is 0 Å². The second-order valence-electron chi connectivity index (χ2n) is 4.65. The molecular weight excluding hydrogens is 214 g/mol. The fourth-order valence-corrected chi connectivity index (χ4v) is 2.10. The summed E-state index contributed by atoms with van der Waals surface area (Å²) in [5.74, 6) is 0. The van der Waals surface area contributed by atoms with Gasteiger partial charge in [0.15, 0.2) is 0 Å². The second kappa shape index (κ2) is 6.74. The molecule has 1 rings (SSSR count). The minimum Gasteiger partial charge on any atom is -0.394 e. The molecule has 2 N–H and O–H groups in total. The van der Waals surface area contributed by atoms with Gasteiger partial charge in [-0.3, -0.25) is 0 Å². The number of hydrogen-bond donors (Lipinski definition) is 2. The molecule has 0 spiro atoms. The lowest BCUT2D eigenvalue weighted by Gasteiger charge is -2.35. The molecule has 0 aliphatic rings. The summed E-state index contributed by atoms with van der Waals surface area (Å²) in [5, 5.41) is 13.3. The molecule has 3 nitrogen and oxygen atoms in total. The van der Waals surface area contributed by atoms with Gasteiger partial charge in [-0.05, 0) is 25.8 Å². The van der Waals surface area contributed by atoms with Crippen LogP contribution in [0.5, 0.6) is 0 Å². The summed E-state index contributed by atoms with van der Waals surface area (Å²) in [7, 11) is 1.68. The predicted octanol–water partition coefficient (Wildman–Crippen LogP) is 1.91. The molecule has 1 aromatic rings. The summed E-state index contributed by atoms with van der Waals surface area (Å²) < 4.78 is 5.15. The molecule has 3 heteroatoms. The first-order valence-electron chi connectivity index (χ1n) is 6.07. The summed E-state index contributed by atoms with van der Waals surface area (Å²) in [6, 6.07) is 10.4. The van der Waals surface area contributed by atoms with E-state index in [9.17, 15) is 5.11 Å². The molecule has 1 aromatic carbocycles. The topological polar surface area (TPSA) is 41.5 Å². The fourth-order valence-electron chi connectivity index (χ4n) is 2.10. The maximum atomic E-state index is 9.79. The van der Waals surface area contributed by atoms with Gasteiger partial charge in [0, 0.05) is 19.8 Å². The van der Waals surface area contributed by atoms with E-state index in [1.807, 2.05) is 30.3 Å². The van der Waals surface area contributed by atoms with Crippen LogP contribution in [-0.4, -0.2) is 31.5 Å². The summed E-state index contributed by atoms with van der Waals surface area (Å²) in [6.45, 7) is 4.86. The first-order chi connectivity index (χ1) is 8.14. The molecule has 0 radical (unpaired) electrons. The second-order valence-corrected chi connectivity index (χ2v) is 4.65. The molecule has 0 amide bonds. The van der Waals surface area contributed by atoms with Crippen molar-refractivity contribution in [3.8, 4) is 0 Å². The standard InChI is InChI=1S/C14H23NO2/c1-12(2)15-14(11-16,9-10-17-3)13-7-5-4-6-8-13/h4-8,12,15-16H,9-11H2,1-3H3. The Balaban J connectivity index is 2.97. The van der Waals surface area contributed by atoms with Crippen LogP contribution in [0.15, 0.2) is 30.3 Å². The van der Waals surface area contributed by atoms with E-state index in [1.54, 1.807) is 7.11 Å². The highest BCUT2D eigenvalue weighted by Crippen LogP contribution is 2.25. The molecule has 0 aliphatic carbocycles. The average Bonchev–Trinajstić information content (AvgIpc) is 2.35. The first-order valence-corrected chi connectivity index (χ1v) is 6.07. The minimum atomic E-state index is -0.411. The van der Waals surface area contributed by atoms with Crippen LogP contribution in [-0.2, 0) is 10.3 Å². The van der Waals surface area contributed by atoms with Gasteiger partial charge in [-0.1, -0.05) is 30.3 Å². The largest absolute Gasteiger partial charge is 0.394 e. The molecule has 0 aliphatic heterocycles. The fraction of sp³-hybridized carbons (Fsp3) is 0.571. The van der Waals surface area contributed by atoms with Crippen molar-refractivity contribution < 1.29 is 9.84 Å². The summed E-state index contributed by atoms with van der Waals surface area (Å²) >= 11 is 0. The zero-order chi connectivity index (χ0) is 12.7. The van der Waals surface area contributed by atoms with E-state index in [0.717, 1.165) is 12.0 Å². The van der Waals surface area contributed by atoms with Crippen LogP contribution in [0.1, 0.15) is 25.8 Å². The number of nitrogens with one attached hydrogen (secondary N) is 1. The Bertz CT molecular complexity index is 313. The third kappa shape index (κ3) is 3.80. The zero-order valence-corrected chi connectivity index (χ0v) is 10.9. The molecule has 0 heterocycles. The van der Waals surface area contributed by atoms with E-state index < -0.39 is 5.54 Å². The summed E-state index contributed by atoms with van der Waals surface area (Å²) in [5.41, 5.74) is 0.694. The zero-order valence-electron chi connectivity index (χ0n) is 10.9. The molecule has 0 saturated carbocycles. The number of aliphatic hydroxyl groups excluding tert-OH is 1. The monoisotopic (exact) mass is 237 g/mol. The van der Waals surface area contributed by atoms with Crippen molar-refractivity contribution in [1.29, 1.82) is 0 Å². The van der Waals surface area contributed by atoms with Crippen LogP contribution >= 0.6 is 0 Å². The van der Waals surface area contributed by atoms with Gasteiger partial charge in [-0.2, -0.15) is 0 Å². The lowest BCUT2D eigenvalue weighted by Crippen LogP contribution is -2.49. The van der Waals surface area contributed by atoms with Crippen molar-refractivity contribution in [2.45, 2.75) is 31.8 Å². The third-order valence-corrected chi connectivity index (χ3v) is 2.89. The number of hydrogen-bond acceptors (Lipinski definition) is 3. The summed E-state index contributed by atoms with van der Waals surface area (Å²) in [4.78, 5) is 0. The maximum Gasteiger partial charge on any atom is 0.0693 e. The molecule has 0 fully saturated rings. The molecular formula is C14H23NO2. The van der Waals surface area contributed by atoms with E-state index >= 15 is 0 Å². The highest BCUT2D eigenvalue weighted by atomic mass is 16.5. The number of benzene rings is 1. The summed E-state index contributed by atoms with van der Waals surface area (Å²) in [6.07, 6.45) is 0.752. The predicted molar refractivity (Wildman–Crippen MR) is 70.0 cm³/mol. The van der Waals surface area contributed by atoms with Crippen LogP contribution in [0, 0.1) is 0 Å². The van der Waals surface area contributed by atoms with E-state index in [1.165, 1.54) is 0 Å². The van der Waals surface area contributed by atoms with E-state index in [0.29, 0.717) is 12.6 Å². The normalized spacial score (nSPS) is 14.9. The third-order valence-electron chi connectivity index (χ3n) is 2.89. The molecule has 0 saturated heterocycles. The smallest absolute Gasteiger partial charge is 0.0693 e. The highest BCUT2D eigenvalue weighted by Gasteiger charge is 2.31. The Morgan fingerprint density at radius 2 is 1.94 bits per heavy atom. The lowest BCUT2D eigenvalue weighted by atomic mass is 9.87. The number of aliphatic hydroxyl groups is 1. The van der Waals surface area contributed by atoms with Gasteiger partial charge in [-0.15, -0.1) is 0 Å². The highest BCUT2D eigenvalue weighted by molar-refractivity contribution is 5.25. The quantitative estimate of drug-likeness (QED) is 0.761. The first kappa shape index (κ1) is 14.2. The number of rotatable bonds is 7. The SMILES string of the molecule is COCCC(CO)(NC(C)C)c1ccccc1. The number of ether oxygens (including phenoxy) is 1. The Morgan fingerprint density at radius 3 is 2.41 bits per heavy atom. The van der Waals surface area contributed by atoms with Crippen molar-refractivity contribution in [3.05, 3.63) is 35.9 Å². The van der Waals surface area contributed by atoms with Crippen LogP contribution in [0.3, 0.4) is 0 Å². The van der Waals surface area contributed by atoms with Crippen LogP contribution in [0.4, 0.5) is 0 Å².